The summed E-state index contributed by atoms with van der Waals surface area (Å²) < 4.78 is 0. The fourth-order valence-electron chi connectivity index (χ4n) is 1.33. The molecule has 2 N–H and O–H groups in total. The Hall–Kier alpha value is -1.78. The lowest BCUT2D eigenvalue weighted by Crippen LogP contribution is -1.96. The fourth-order valence-corrected chi connectivity index (χ4v) is 1.33. The minimum absolute atomic E-state index is 0.0931. The molecule has 0 aromatic heterocycles. The molecule has 0 saturated carbocycles. The highest BCUT2D eigenvalue weighted by molar-refractivity contribution is 5.64. The van der Waals surface area contributed by atoms with Gasteiger partial charge in [-0.15, -0.1) is 0 Å². The predicted molar refractivity (Wildman–Crippen MR) is 50.6 cm³/mol. The second kappa shape index (κ2) is 3.17. The van der Waals surface area contributed by atoms with Gasteiger partial charge in [0.2, 0.25) is 0 Å². The maximum Gasteiger partial charge on any atom is 0.317 e. The van der Waals surface area contributed by atoms with E-state index in [1.54, 1.807) is 6.92 Å². The number of aromatic hydroxyl groups is 2. The van der Waals surface area contributed by atoms with Crippen LogP contribution in [0.3, 0.4) is 0 Å². The Morgan fingerprint density at radius 2 is 1.43 bits per heavy atom. The number of nitro groups is 1. The van der Waals surface area contributed by atoms with Crippen LogP contribution >= 0.6 is 0 Å². The first-order valence-corrected chi connectivity index (χ1v) is 4.04. The minimum Gasteiger partial charge on any atom is -0.507 e. The van der Waals surface area contributed by atoms with E-state index in [0.717, 1.165) is 0 Å². The first kappa shape index (κ1) is 10.3. The van der Waals surface area contributed by atoms with Crippen molar-refractivity contribution in [1.29, 1.82) is 0 Å². The van der Waals surface area contributed by atoms with Crippen molar-refractivity contribution in [3.8, 4) is 11.5 Å². The molecule has 0 atom stereocenters. The maximum atomic E-state index is 10.6. The lowest BCUT2D eigenvalue weighted by atomic mass is 10.0. The van der Waals surface area contributed by atoms with Crippen molar-refractivity contribution < 1.29 is 15.1 Å². The van der Waals surface area contributed by atoms with Gasteiger partial charge in [0.15, 0.2) is 5.75 Å². The summed E-state index contributed by atoms with van der Waals surface area (Å²) in [5.74, 6) is -0.505. The molecule has 0 spiro atoms. The number of hydrogen-bond donors (Lipinski definition) is 2. The van der Waals surface area contributed by atoms with Gasteiger partial charge < -0.3 is 10.2 Å². The molecule has 14 heavy (non-hydrogen) atoms. The molecule has 0 fully saturated rings. The number of rotatable bonds is 1. The summed E-state index contributed by atoms with van der Waals surface area (Å²) in [5, 5.41) is 29.6. The van der Waals surface area contributed by atoms with Crippen molar-refractivity contribution in [3.05, 3.63) is 26.8 Å². The van der Waals surface area contributed by atoms with E-state index in [1.165, 1.54) is 13.8 Å². The van der Waals surface area contributed by atoms with Crippen LogP contribution in [0.1, 0.15) is 16.7 Å². The number of phenolic OH excluding ortho intramolecular Hbond substituents is 2. The van der Waals surface area contributed by atoms with Crippen molar-refractivity contribution in [2.45, 2.75) is 20.8 Å². The number of benzene rings is 1. The van der Waals surface area contributed by atoms with Crippen LogP contribution in [0.5, 0.6) is 11.5 Å². The Labute approximate surface area is 80.8 Å². The highest BCUT2D eigenvalue weighted by Crippen LogP contribution is 2.40. The number of nitro benzene ring substituents is 1. The number of hydrogen-bond acceptors (Lipinski definition) is 4. The quantitative estimate of drug-likeness (QED) is 0.409. The summed E-state index contributed by atoms with van der Waals surface area (Å²) in [7, 11) is 0. The largest absolute Gasteiger partial charge is 0.507 e. The summed E-state index contributed by atoms with van der Waals surface area (Å²) in [5.41, 5.74) is 0.464. The van der Waals surface area contributed by atoms with Crippen molar-refractivity contribution >= 4 is 5.69 Å². The summed E-state index contributed by atoms with van der Waals surface area (Å²) in [6.07, 6.45) is 0. The second-order valence-corrected chi connectivity index (χ2v) is 3.18. The van der Waals surface area contributed by atoms with E-state index in [2.05, 4.69) is 0 Å². The van der Waals surface area contributed by atoms with E-state index in [-0.39, 0.29) is 17.1 Å². The average molecular weight is 197 g/mol. The lowest BCUT2D eigenvalue weighted by molar-refractivity contribution is -0.386. The number of phenols is 2. The van der Waals surface area contributed by atoms with E-state index in [4.69, 9.17) is 0 Å². The average Bonchev–Trinajstić information content (AvgIpc) is 2.11. The zero-order chi connectivity index (χ0) is 11.0. The minimum atomic E-state index is -0.698. The fraction of sp³-hybridized carbons (Fsp3) is 0.333. The Balaban J connectivity index is 3.68. The standard InChI is InChI=1S/C9H11NO4/c1-4-5(2)9(12)7(10(13)14)6(3)8(4)11/h11-12H,1-3H3. The van der Waals surface area contributed by atoms with Crippen LogP contribution in [0.15, 0.2) is 0 Å². The van der Waals surface area contributed by atoms with Crippen LogP contribution in [0, 0.1) is 30.9 Å². The second-order valence-electron chi connectivity index (χ2n) is 3.18. The van der Waals surface area contributed by atoms with Gasteiger partial charge >= 0.3 is 5.69 Å². The summed E-state index contributed by atoms with van der Waals surface area (Å²) >= 11 is 0. The molecule has 0 amide bonds. The Morgan fingerprint density at radius 1 is 1.00 bits per heavy atom. The molecule has 0 radical (unpaired) electrons. The molecule has 5 heteroatoms. The molecule has 0 bridgehead atoms. The van der Waals surface area contributed by atoms with Gasteiger partial charge in [-0.1, -0.05) is 0 Å². The highest BCUT2D eigenvalue weighted by Gasteiger charge is 2.24. The monoisotopic (exact) mass is 197 g/mol. The molecule has 76 valence electrons. The van der Waals surface area contributed by atoms with Crippen molar-refractivity contribution in [3.63, 3.8) is 0 Å². The Bertz CT molecular complexity index is 383. The first-order valence-electron chi connectivity index (χ1n) is 4.04. The molecular formula is C9H11NO4. The van der Waals surface area contributed by atoms with Crippen molar-refractivity contribution in [2.75, 3.05) is 0 Å². The van der Waals surface area contributed by atoms with Gasteiger partial charge in [-0.05, 0) is 26.3 Å². The van der Waals surface area contributed by atoms with Crippen LogP contribution in [-0.2, 0) is 0 Å². The van der Waals surface area contributed by atoms with Crippen LogP contribution < -0.4 is 0 Å². The molecule has 0 aliphatic carbocycles. The van der Waals surface area contributed by atoms with Gasteiger partial charge in [-0.2, -0.15) is 0 Å². The van der Waals surface area contributed by atoms with Crippen LogP contribution in [-0.4, -0.2) is 15.1 Å². The molecular weight excluding hydrogens is 186 g/mol. The molecule has 5 nitrogen and oxygen atoms in total. The maximum absolute atomic E-state index is 10.6. The molecule has 0 heterocycles. The predicted octanol–water partition coefficient (Wildman–Crippen LogP) is 1.93. The third-order valence-electron chi connectivity index (χ3n) is 2.39. The first-order chi connectivity index (χ1) is 6.37. The lowest BCUT2D eigenvalue weighted by Gasteiger charge is -2.09. The molecule has 0 aliphatic rings. The Morgan fingerprint density at radius 3 is 1.86 bits per heavy atom. The zero-order valence-corrected chi connectivity index (χ0v) is 8.16. The molecule has 0 aliphatic heterocycles. The third-order valence-corrected chi connectivity index (χ3v) is 2.39. The molecule has 0 unspecified atom stereocenters. The molecule has 1 aromatic rings. The van der Waals surface area contributed by atoms with Crippen LogP contribution in [0.2, 0.25) is 0 Å². The SMILES string of the molecule is Cc1c(C)c(O)c([N+](=O)[O-])c(C)c1O. The van der Waals surface area contributed by atoms with Gasteiger partial charge in [0.25, 0.3) is 0 Å². The van der Waals surface area contributed by atoms with E-state index in [0.29, 0.717) is 11.1 Å². The molecule has 1 rings (SSSR count). The topological polar surface area (TPSA) is 83.6 Å². The summed E-state index contributed by atoms with van der Waals surface area (Å²) in [6, 6.07) is 0. The van der Waals surface area contributed by atoms with Gasteiger partial charge in [0, 0.05) is 5.56 Å². The summed E-state index contributed by atoms with van der Waals surface area (Å²) in [4.78, 5) is 9.90. The van der Waals surface area contributed by atoms with Gasteiger partial charge in [0.05, 0.1) is 10.5 Å². The van der Waals surface area contributed by atoms with E-state index >= 15 is 0 Å². The van der Waals surface area contributed by atoms with Gasteiger partial charge in [0.1, 0.15) is 5.75 Å². The zero-order valence-electron chi connectivity index (χ0n) is 8.16. The van der Waals surface area contributed by atoms with Crippen molar-refractivity contribution in [1.82, 2.24) is 0 Å². The van der Waals surface area contributed by atoms with E-state index in [1.807, 2.05) is 0 Å². The highest BCUT2D eigenvalue weighted by atomic mass is 16.6. The summed E-state index contributed by atoms with van der Waals surface area (Å²) in [6.45, 7) is 4.53. The van der Waals surface area contributed by atoms with E-state index < -0.39 is 10.6 Å². The Kier molecular flexibility index (Phi) is 2.33. The van der Waals surface area contributed by atoms with Gasteiger partial charge in [-0.25, -0.2) is 0 Å². The molecule has 1 aromatic carbocycles. The molecule has 0 saturated heterocycles. The number of nitrogens with zero attached hydrogens (tertiary/aromatic N) is 1. The normalized spacial score (nSPS) is 10.2. The van der Waals surface area contributed by atoms with Crippen LogP contribution in [0.4, 0.5) is 5.69 Å². The van der Waals surface area contributed by atoms with Gasteiger partial charge in [-0.3, -0.25) is 10.1 Å². The smallest absolute Gasteiger partial charge is 0.317 e. The third kappa shape index (κ3) is 1.26. The van der Waals surface area contributed by atoms with Crippen LogP contribution in [0.25, 0.3) is 0 Å². The van der Waals surface area contributed by atoms with E-state index in [9.17, 15) is 20.3 Å². The van der Waals surface area contributed by atoms with Crippen molar-refractivity contribution in [2.24, 2.45) is 0 Å².